The van der Waals surface area contributed by atoms with Crippen LogP contribution in [0.2, 0.25) is 0 Å². The van der Waals surface area contributed by atoms with E-state index in [0.717, 1.165) is 0 Å². The molecule has 2 N–H and O–H groups in total. The topological polar surface area (TPSA) is 95.5 Å². The van der Waals surface area contributed by atoms with Crippen LogP contribution in [0, 0.1) is 17.0 Å². The van der Waals surface area contributed by atoms with Gasteiger partial charge in [0, 0.05) is 6.07 Å². The number of aryl methyl sites for hydroxylation is 1. The maximum Gasteiger partial charge on any atom is 0.410 e. The minimum atomic E-state index is -1.07. The molecule has 0 bridgehead atoms. The van der Waals surface area contributed by atoms with Gasteiger partial charge in [0.15, 0.2) is 0 Å². The lowest BCUT2D eigenvalue weighted by Crippen LogP contribution is -2.16. The minimum Gasteiger partial charge on any atom is -0.403 e. The van der Waals surface area contributed by atoms with Crippen molar-refractivity contribution in [1.29, 1.82) is 0 Å². The molecular formula is C8H8N2O4. The number of ether oxygens (including phenoxy) is 1. The fraction of sp³-hybridized carbons (Fsp3) is 0.125. The van der Waals surface area contributed by atoms with Gasteiger partial charge in [-0.25, -0.2) is 4.79 Å². The van der Waals surface area contributed by atoms with Crippen LogP contribution in [-0.2, 0) is 0 Å². The summed E-state index contributed by atoms with van der Waals surface area (Å²) in [6, 6.07) is 4.22. The van der Waals surface area contributed by atoms with Gasteiger partial charge >= 0.3 is 11.8 Å². The van der Waals surface area contributed by atoms with E-state index >= 15 is 0 Å². The summed E-state index contributed by atoms with van der Waals surface area (Å²) in [5, 5.41) is 10.5. The van der Waals surface area contributed by atoms with E-state index in [-0.39, 0.29) is 11.4 Å². The zero-order valence-corrected chi connectivity index (χ0v) is 7.39. The van der Waals surface area contributed by atoms with Crippen LogP contribution in [0.3, 0.4) is 0 Å². The molecule has 0 atom stereocenters. The van der Waals surface area contributed by atoms with Gasteiger partial charge in [-0.2, -0.15) is 0 Å². The summed E-state index contributed by atoms with van der Waals surface area (Å²) in [5.41, 5.74) is 5.18. The molecule has 0 aliphatic rings. The monoisotopic (exact) mass is 196 g/mol. The number of carbonyl (C=O) groups is 1. The SMILES string of the molecule is Cc1ccc(OC(N)=O)c([N+](=O)[O-])c1. The highest BCUT2D eigenvalue weighted by Crippen LogP contribution is 2.27. The van der Waals surface area contributed by atoms with Crippen molar-refractivity contribution in [3.8, 4) is 5.75 Å². The molecular weight excluding hydrogens is 188 g/mol. The molecule has 6 nitrogen and oxygen atoms in total. The molecule has 1 aromatic carbocycles. The predicted octanol–water partition coefficient (Wildman–Crippen LogP) is 1.36. The van der Waals surface area contributed by atoms with Gasteiger partial charge in [-0.3, -0.25) is 10.1 Å². The van der Waals surface area contributed by atoms with Crippen molar-refractivity contribution in [2.75, 3.05) is 0 Å². The number of hydrogen-bond acceptors (Lipinski definition) is 4. The van der Waals surface area contributed by atoms with Crippen molar-refractivity contribution in [2.45, 2.75) is 6.92 Å². The summed E-state index contributed by atoms with van der Waals surface area (Å²) >= 11 is 0. The number of nitrogens with zero attached hydrogens (tertiary/aromatic N) is 1. The molecule has 0 aromatic heterocycles. The van der Waals surface area contributed by atoms with Crippen molar-refractivity contribution in [3.05, 3.63) is 33.9 Å². The van der Waals surface area contributed by atoms with E-state index in [0.29, 0.717) is 5.56 Å². The second-order valence-corrected chi connectivity index (χ2v) is 2.65. The molecule has 0 aliphatic carbocycles. The number of hydrogen-bond donors (Lipinski definition) is 1. The Hall–Kier alpha value is -2.11. The summed E-state index contributed by atoms with van der Waals surface area (Å²) in [7, 11) is 0. The first-order valence-corrected chi connectivity index (χ1v) is 3.73. The van der Waals surface area contributed by atoms with Crippen LogP contribution in [0.1, 0.15) is 5.56 Å². The smallest absolute Gasteiger partial charge is 0.403 e. The zero-order chi connectivity index (χ0) is 10.7. The lowest BCUT2D eigenvalue weighted by atomic mass is 10.2. The van der Waals surface area contributed by atoms with E-state index in [9.17, 15) is 14.9 Å². The summed E-state index contributed by atoms with van der Waals surface area (Å²) in [6.07, 6.45) is -1.07. The lowest BCUT2D eigenvalue weighted by molar-refractivity contribution is -0.385. The van der Waals surface area contributed by atoms with Crippen molar-refractivity contribution in [1.82, 2.24) is 0 Å². The maximum atomic E-state index is 10.5. The third kappa shape index (κ3) is 2.19. The first-order chi connectivity index (χ1) is 6.50. The fourth-order valence-electron chi connectivity index (χ4n) is 0.965. The standard InChI is InChI=1S/C8H8N2O4/c1-5-2-3-7(14-8(9)11)6(4-5)10(12)13/h2-4H,1H3,(H2,9,11). The third-order valence-electron chi connectivity index (χ3n) is 1.52. The van der Waals surface area contributed by atoms with Crippen molar-refractivity contribution >= 4 is 11.8 Å². The highest BCUT2D eigenvalue weighted by molar-refractivity contribution is 5.70. The Morgan fingerprint density at radius 1 is 1.57 bits per heavy atom. The van der Waals surface area contributed by atoms with Gasteiger partial charge in [0.2, 0.25) is 5.75 Å². The molecule has 0 unspecified atom stereocenters. The summed E-state index contributed by atoms with van der Waals surface area (Å²) < 4.78 is 4.46. The Morgan fingerprint density at radius 2 is 2.21 bits per heavy atom. The molecule has 0 spiro atoms. The fourth-order valence-corrected chi connectivity index (χ4v) is 0.965. The van der Waals surface area contributed by atoms with E-state index in [1.165, 1.54) is 12.1 Å². The first-order valence-electron chi connectivity index (χ1n) is 3.73. The minimum absolute atomic E-state index is 0.145. The van der Waals surface area contributed by atoms with Crippen molar-refractivity contribution in [3.63, 3.8) is 0 Å². The molecule has 0 aliphatic heterocycles. The Balaban J connectivity index is 3.14. The number of nitrogens with two attached hydrogens (primary N) is 1. The van der Waals surface area contributed by atoms with E-state index in [4.69, 9.17) is 5.73 Å². The van der Waals surface area contributed by atoms with E-state index in [1.54, 1.807) is 13.0 Å². The molecule has 0 radical (unpaired) electrons. The highest BCUT2D eigenvalue weighted by atomic mass is 16.6. The zero-order valence-electron chi connectivity index (χ0n) is 7.39. The average Bonchev–Trinajstić information content (AvgIpc) is 2.07. The van der Waals surface area contributed by atoms with Gasteiger partial charge in [-0.05, 0) is 18.6 Å². The molecule has 0 heterocycles. The van der Waals surface area contributed by atoms with Gasteiger partial charge in [0.1, 0.15) is 0 Å². The van der Waals surface area contributed by atoms with Crippen LogP contribution >= 0.6 is 0 Å². The Kier molecular flexibility index (Phi) is 2.66. The molecule has 6 heteroatoms. The number of primary amides is 1. The van der Waals surface area contributed by atoms with Crippen LogP contribution in [0.4, 0.5) is 10.5 Å². The Labute approximate surface area is 79.4 Å². The molecule has 0 saturated carbocycles. The van der Waals surface area contributed by atoms with E-state index in [1.807, 2.05) is 0 Å². The van der Waals surface area contributed by atoms with Crippen LogP contribution < -0.4 is 10.5 Å². The van der Waals surface area contributed by atoms with Gasteiger partial charge in [0.05, 0.1) is 4.92 Å². The quantitative estimate of drug-likeness (QED) is 0.570. The van der Waals surface area contributed by atoms with E-state index < -0.39 is 11.0 Å². The summed E-state index contributed by atoms with van der Waals surface area (Å²) in [6.45, 7) is 1.70. The van der Waals surface area contributed by atoms with Crippen LogP contribution in [0.5, 0.6) is 5.75 Å². The molecule has 0 saturated heterocycles. The molecule has 0 fully saturated rings. The Morgan fingerprint density at radius 3 is 2.71 bits per heavy atom. The average molecular weight is 196 g/mol. The van der Waals surface area contributed by atoms with Gasteiger partial charge in [-0.15, -0.1) is 0 Å². The largest absolute Gasteiger partial charge is 0.410 e. The molecule has 14 heavy (non-hydrogen) atoms. The third-order valence-corrected chi connectivity index (χ3v) is 1.52. The lowest BCUT2D eigenvalue weighted by Gasteiger charge is -2.02. The van der Waals surface area contributed by atoms with Crippen molar-refractivity contribution < 1.29 is 14.5 Å². The van der Waals surface area contributed by atoms with Gasteiger partial charge in [-0.1, -0.05) is 6.07 Å². The van der Waals surface area contributed by atoms with Gasteiger partial charge in [0.25, 0.3) is 0 Å². The number of benzene rings is 1. The number of carbonyl (C=O) groups excluding carboxylic acids is 1. The number of amides is 1. The van der Waals surface area contributed by atoms with Crippen LogP contribution in [-0.4, -0.2) is 11.0 Å². The van der Waals surface area contributed by atoms with Crippen LogP contribution in [0.15, 0.2) is 18.2 Å². The first kappa shape index (κ1) is 9.97. The second kappa shape index (κ2) is 3.73. The maximum absolute atomic E-state index is 10.5. The number of rotatable bonds is 2. The number of nitro benzene ring substituents is 1. The normalized spacial score (nSPS) is 9.50. The van der Waals surface area contributed by atoms with Crippen LogP contribution in [0.25, 0.3) is 0 Å². The highest BCUT2D eigenvalue weighted by Gasteiger charge is 2.16. The molecule has 74 valence electrons. The summed E-state index contributed by atoms with van der Waals surface area (Å²) in [5.74, 6) is -0.145. The van der Waals surface area contributed by atoms with Gasteiger partial charge < -0.3 is 10.5 Å². The number of nitro groups is 1. The summed E-state index contributed by atoms with van der Waals surface area (Å²) in [4.78, 5) is 20.3. The second-order valence-electron chi connectivity index (χ2n) is 2.65. The van der Waals surface area contributed by atoms with Crippen molar-refractivity contribution in [2.24, 2.45) is 5.73 Å². The molecule has 1 aromatic rings. The Bertz CT molecular complexity index is 389. The molecule has 1 amide bonds. The predicted molar refractivity (Wildman–Crippen MR) is 48.0 cm³/mol. The molecule has 1 rings (SSSR count). The van der Waals surface area contributed by atoms with E-state index in [2.05, 4.69) is 4.74 Å².